The van der Waals surface area contributed by atoms with Gasteiger partial charge in [-0.15, -0.1) is 0 Å². The van der Waals surface area contributed by atoms with Crippen LogP contribution in [0.1, 0.15) is 11.1 Å². The van der Waals surface area contributed by atoms with Crippen molar-refractivity contribution in [1.29, 1.82) is 0 Å². The van der Waals surface area contributed by atoms with Crippen LogP contribution in [0.15, 0.2) is 76.9 Å². The van der Waals surface area contributed by atoms with Gasteiger partial charge in [-0.25, -0.2) is 0 Å². The average molecular weight is 530 g/mol. The molecule has 1 aliphatic heterocycles. The Balaban J connectivity index is 1.57. The number of hydrogen-bond acceptors (Lipinski definition) is 4. The molecular weight excluding hydrogens is 512 g/mol. The molecule has 0 spiro atoms. The molecule has 0 aliphatic carbocycles. The zero-order valence-corrected chi connectivity index (χ0v) is 20.1. The van der Waals surface area contributed by atoms with Gasteiger partial charge in [0.1, 0.15) is 23.8 Å². The van der Waals surface area contributed by atoms with Crippen molar-refractivity contribution in [3.63, 3.8) is 0 Å². The van der Waals surface area contributed by atoms with E-state index in [1.165, 1.54) is 4.90 Å². The first-order valence-electron chi connectivity index (χ1n) is 9.63. The van der Waals surface area contributed by atoms with Crippen molar-refractivity contribution in [3.8, 4) is 11.5 Å². The summed E-state index contributed by atoms with van der Waals surface area (Å²) in [4.78, 5) is 14.4. The molecule has 8 heteroatoms. The van der Waals surface area contributed by atoms with Gasteiger partial charge < -0.3 is 14.8 Å². The molecule has 4 rings (SSSR count). The molecule has 0 saturated carbocycles. The maximum absolute atomic E-state index is 12.9. The Morgan fingerprint density at radius 3 is 2.56 bits per heavy atom. The van der Waals surface area contributed by atoms with E-state index in [2.05, 4.69) is 21.2 Å². The second kappa shape index (κ2) is 9.73. The quantitative estimate of drug-likeness (QED) is 0.316. The number of anilines is 1. The minimum absolute atomic E-state index is 0.208. The zero-order valence-electron chi connectivity index (χ0n) is 17.0. The lowest BCUT2D eigenvalue weighted by Gasteiger charge is -2.13. The molecule has 1 heterocycles. The van der Waals surface area contributed by atoms with Crippen LogP contribution >= 0.6 is 39.7 Å². The number of hydrogen-bond donors (Lipinski definition) is 1. The maximum atomic E-state index is 12.9. The first-order chi connectivity index (χ1) is 15.5. The fourth-order valence-corrected chi connectivity index (χ4v) is 4.36. The Labute approximate surface area is 204 Å². The van der Waals surface area contributed by atoms with Crippen LogP contribution in [0, 0.1) is 0 Å². The van der Waals surface area contributed by atoms with Crippen molar-refractivity contribution in [3.05, 3.63) is 93.0 Å². The van der Waals surface area contributed by atoms with Crippen LogP contribution in [-0.2, 0) is 11.4 Å². The number of amides is 1. The Morgan fingerprint density at radius 2 is 1.84 bits per heavy atom. The third kappa shape index (κ3) is 4.80. The summed E-state index contributed by atoms with van der Waals surface area (Å²) in [6.45, 7) is 0.274. The van der Waals surface area contributed by atoms with Crippen molar-refractivity contribution in [1.82, 2.24) is 5.32 Å². The molecule has 32 heavy (non-hydrogen) atoms. The number of benzene rings is 3. The van der Waals surface area contributed by atoms with Crippen LogP contribution in [0.25, 0.3) is 6.08 Å². The molecule has 0 aromatic heterocycles. The van der Waals surface area contributed by atoms with Crippen LogP contribution in [0.2, 0.25) is 5.02 Å². The van der Waals surface area contributed by atoms with Crippen molar-refractivity contribution in [2.45, 2.75) is 6.61 Å². The summed E-state index contributed by atoms with van der Waals surface area (Å²) < 4.78 is 12.2. The fraction of sp³-hybridized carbons (Fsp3) is 0.0833. The number of carbonyl (C=O) groups is 1. The van der Waals surface area contributed by atoms with Crippen molar-refractivity contribution in [2.75, 3.05) is 12.0 Å². The number of rotatable bonds is 6. The summed E-state index contributed by atoms with van der Waals surface area (Å²) in [5, 5.41) is 3.97. The molecule has 3 aromatic carbocycles. The number of nitrogens with one attached hydrogen (secondary N) is 1. The van der Waals surface area contributed by atoms with Crippen LogP contribution < -0.4 is 19.7 Å². The third-order valence-corrected chi connectivity index (χ3v) is 5.92. The summed E-state index contributed by atoms with van der Waals surface area (Å²) in [5.74, 6) is 1.14. The molecule has 1 N–H and O–H groups in total. The molecule has 3 aromatic rings. The van der Waals surface area contributed by atoms with Gasteiger partial charge in [0.05, 0.1) is 17.3 Å². The number of carbonyl (C=O) groups excluding carboxylic acids is 1. The van der Waals surface area contributed by atoms with Gasteiger partial charge in [0.15, 0.2) is 5.11 Å². The van der Waals surface area contributed by atoms with Gasteiger partial charge in [-0.1, -0.05) is 35.9 Å². The van der Waals surface area contributed by atoms with Gasteiger partial charge in [-0.3, -0.25) is 9.69 Å². The number of methoxy groups -OCH3 is 1. The van der Waals surface area contributed by atoms with Crippen LogP contribution in [0.5, 0.6) is 11.5 Å². The maximum Gasteiger partial charge on any atom is 0.281 e. The van der Waals surface area contributed by atoms with Gasteiger partial charge in [0.2, 0.25) is 0 Å². The van der Waals surface area contributed by atoms with E-state index in [0.717, 1.165) is 21.3 Å². The second-order valence-electron chi connectivity index (χ2n) is 6.90. The van der Waals surface area contributed by atoms with E-state index in [-0.39, 0.29) is 12.5 Å². The van der Waals surface area contributed by atoms with E-state index < -0.39 is 0 Å². The highest BCUT2D eigenvalue weighted by Crippen LogP contribution is 2.30. The van der Waals surface area contributed by atoms with E-state index in [0.29, 0.717) is 27.3 Å². The van der Waals surface area contributed by atoms with Gasteiger partial charge in [-0.05, 0) is 82.3 Å². The molecular formula is C24H18BrClN2O3S. The number of para-hydroxylation sites is 1. The lowest BCUT2D eigenvalue weighted by Crippen LogP contribution is -2.30. The average Bonchev–Trinajstić information content (AvgIpc) is 3.06. The summed E-state index contributed by atoms with van der Waals surface area (Å²) in [5.41, 5.74) is 2.76. The normalized spacial score (nSPS) is 14.6. The van der Waals surface area contributed by atoms with Crippen molar-refractivity contribution in [2.24, 2.45) is 0 Å². The molecule has 0 unspecified atom stereocenters. The molecule has 5 nitrogen and oxygen atoms in total. The number of thiocarbonyl (C=S) groups is 1. The highest BCUT2D eigenvalue weighted by Gasteiger charge is 2.31. The smallest absolute Gasteiger partial charge is 0.281 e. The van der Waals surface area contributed by atoms with Gasteiger partial charge >= 0.3 is 0 Å². The first-order valence-corrected chi connectivity index (χ1v) is 11.2. The number of nitrogens with zero attached hydrogens (tertiary/aromatic N) is 1. The van der Waals surface area contributed by atoms with E-state index >= 15 is 0 Å². The fourth-order valence-electron chi connectivity index (χ4n) is 3.26. The largest absolute Gasteiger partial charge is 0.496 e. The zero-order chi connectivity index (χ0) is 22.7. The van der Waals surface area contributed by atoms with Crippen LogP contribution in [0.3, 0.4) is 0 Å². The predicted octanol–water partition coefficient (Wildman–Crippen LogP) is 5.95. The standard InChI is InChI=1S/C24H18BrClN2O3S/c1-30-21-9-7-15(11-16(21)14-31-22-10-8-17(26)13-19(22)25)12-20-23(29)28(24(32)27-20)18-5-3-2-4-6-18/h2-13H,14H2,1H3,(H,27,32)/b20-12+. The Morgan fingerprint density at radius 1 is 1.09 bits per heavy atom. The van der Waals surface area contributed by atoms with Crippen molar-refractivity contribution >= 4 is 62.5 Å². The topological polar surface area (TPSA) is 50.8 Å². The van der Waals surface area contributed by atoms with E-state index in [4.69, 9.17) is 33.3 Å². The van der Waals surface area contributed by atoms with Gasteiger partial charge in [0.25, 0.3) is 5.91 Å². The van der Waals surface area contributed by atoms with Gasteiger partial charge in [0, 0.05) is 10.6 Å². The van der Waals surface area contributed by atoms with Gasteiger partial charge in [-0.2, -0.15) is 0 Å². The molecule has 0 radical (unpaired) electrons. The first kappa shape index (κ1) is 22.3. The van der Waals surface area contributed by atoms with Crippen molar-refractivity contribution < 1.29 is 14.3 Å². The summed E-state index contributed by atoms with van der Waals surface area (Å²) in [6.07, 6.45) is 1.76. The van der Waals surface area contributed by atoms with Crippen LogP contribution in [0.4, 0.5) is 5.69 Å². The molecule has 0 atom stereocenters. The molecule has 0 bridgehead atoms. The Bertz CT molecular complexity index is 1220. The lowest BCUT2D eigenvalue weighted by molar-refractivity contribution is -0.113. The Hall–Kier alpha value is -2.87. The summed E-state index contributed by atoms with van der Waals surface area (Å²) >= 11 is 14.8. The molecule has 1 amide bonds. The second-order valence-corrected chi connectivity index (χ2v) is 8.58. The summed E-state index contributed by atoms with van der Waals surface area (Å²) in [6, 6.07) is 20.3. The minimum Gasteiger partial charge on any atom is -0.496 e. The molecule has 162 valence electrons. The van der Waals surface area contributed by atoms with E-state index in [1.54, 1.807) is 31.4 Å². The molecule has 1 aliphatic rings. The Kier molecular flexibility index (Phi) is 6.79. The highest BCUT2D eigenvalue weighted by atomic mass is 79.9. The molecule has 1 saturated heterocycles. The number of halogens is 2. The monoisotopic (exact) mass is 528 g/mol. The predicted molar refractivity (Wildman–Crippen MR) is 134 cm³/mol. The number of ether oxygens (including phenoxy) is 2. The lowest BCUT2D eigenvalue weighted by atomic mass is 10.1. The van der Waals surface area contributed by atoms with E-state index in [9.17, 15) is 4.79 Å². The highest BCUT2D eigenvalue weighted by molar-refractivity contribution is 9.10. The summed E-state index contributed by atoms with van der Waals surface area (Å²) in [7, 11) is 1.60. The van der Waals surface area contributed by atoms with E-state index in [1.807, 2.05) is 48.5 Å². The SMILES string of the molecule is COc1ccc(/C=C2/NC(=S)N(c3ccccc3)C2=O)cc1COc1ccc(Cl)cc1Br. The van der Waals surface area contributed by atoms with Crippen LogP contribution in [-0.4, -0.2) is 18.1 Å². The molecule has 1 fully saturated rings. The third-order valence-electron chi connectivity index (χ3n) is 4.79. The minimum atomic E-state index is -0.208.